The third-order valence-corrected chi connectivity index (χ3v) is 6.49. The number of hydrogen-bond acceptors (Lipinski definition) is 5. The smallest absolute Gasteiger partial charge is 0.329 e. The molecule has 2 fully saturated rings. The van der Waals surface area contributed by atoms with Crippen LogP contribution in [0.5, 0.6) is 0 Å². The number of rotatable bonds is 4. The number of nitrogens with zero attached hydrogens (tertiary/aromatic N) is 2. The van der Waals surface area contributed by atoms with Crippen molar-refractivity contribution in [1.29, 1.82) is 0 Å². The minimum absolute atomic E-state index is 0.420. The third-order valence-electron chi connectivity index (χ3n) is 6.49. The molecule has 2 amide bonds. The van der Waals surface area contributed by atoms with E-state index < -0.39 is 41.2 Å². The molecular formula is C25H21N3O4. The van der Waals surface area contributed by atoms with Gasteiger partial charge in [0.1, 0.15) is 0 Å². The lowest BCUT2D eigenvalue weighted by atomic mass is 9.75. The van der Waals surface area contributed by atoms with Crippen molar-refractivity contribution >= 4 is 23.5 Å². The van der Waals surface area contributed by atoms with Gasteiger partial charge in [0.2, 0.25) is 11.8 Å². The number of benzene rings is 2. The first-order valence-electron chi connectivity index (χ1n) is 10.4. The van der Waals surface area contributed by atoms with Crippen LogP contribution in [0.3, 0.4) is 0 Å². The SMILES string of the molecule is Cc1ccccc1N1C(=O)C2C(c3ccccn3)NC(C(=O)O)(c3ccccc3)C2C1=O. The molecule has 2 aromatic carbocycles. The molecule has 3 aromatic rings. The number of carbonyl (C=O) groups excluding carboxylic acids is 2. The number of aromatic nitrogens is 1. The molecular weight excluding hydrogens is 406 g/mol. The van der Waals surface area contributed by atoms with E-state index in [1.165, 1.54) is 0 Å². The lowest BCUT2D eigenvalue weighted by Crippen LogP contribution is -2.53. The predicted molar refractivity (Wildman–Crippen MR) is 117 cm³/mol. The van der Waals surface area contributed by atoms with E-state index in [4.69, 9.17) is 0 Å². The molecule has 160 valence electrons. The largest absolute Gasteiger partial charge is 0.480 e. The van der Waals surface area contributed by atoms with Crippen LogP contribution in [0.2, 0.25) is 0 Å². The van der Waals surface area contributed by atoms with Gasteiger partial charge < -0.3 is 5.11 Å². The Morgan fingerprint density at radius 2 is 1.66 bits per heavy atom. The Morgan fingerprint density at radius 1 is 0.969 bits per heavy atom. The molecule has 5 rings (SSSR count). The minimum atomic E-state index is -1.77. The fourth-order valence-corrected chi connectivity index (χ4v) is 5.06. The number of aryl methyl sites for hydroxylation is 1. The molecule has 2 N–H and O–H groups in total. The van der Waals surface area contributed by atoms with Gasteiger partial charge in [0.25, 0.3) is 0 Å². The molecule has 7 nitrogen and oxygen atoms in total. The van der Waals surface area contributed by atoms with E-state index in [2.05, 4.69) is 10.3 Å². The average Bonchev–Trinajstić information content (AvgIpc) is 3.30. The van der Waals surface area contributed by atoms with Crippen LogP contribution in [0.25, 0.3) is 0 Å². The molecule has 0 aliphatic carbocycles. The summed E-state index contributed by atoms with van der Waals surface area (Å²) in [7, 11) is 0. The summed E-state index contributed by atoms with van der Waals surface area (Å²) >= 11 is 0. The van der Waals surface area contributed by atoms with Crippen molar-refractivity contribution < 1.29 is 19.5 Å². The zero-order valence-corrected chi connectivity index (χ0v) is 17.3. The molecule has 3 heterocycles. The number of para-hydroxylation sites is 1. The molecule has 0 spiro atoms. The molecule has 32 heavy (non-hydrogen) atoms. The van der Waals surface area contributed by atoms with Gasteiger partial charge >= 0.3 is 5.97 Å². The van der Waals surface area contributed by atoms with Crippen LogP contribution in [-0.4, -0.2) is 27.9 Å². The first-order valence-corrected chi connectivity index (χ1v) is 10.4. The molecule has 4 unspecified atom stereocenters. The lowest BCUT2D eigenvalue weighted by Gasteiger charge is -2.31. The van der Waals surface area contributed by atoms with Crippen LogP contribution in [0.15, 0.2) is 79.0 Å². The van der Waals surface area contributed by atoms with Crippen molar-refractivity contribution in [2.24, 2.45) is 11.8 Å². The number of carbonyl (C=O) groups is 3. The summed E-state index contributed by atoms with van der Waals surface area (Å²) < 4.78 is 0. The molecule has 0 bridgehead atoms. The van der Waals surface area contributed by atoms with Crippen LogP contribution < -0.4 is 10.2 Å². The van der Waals surface area contributed by atoms with E-state index in [1.54, 1.807) is 66.9 Å². The molecule has 0 saturated carbocycles. The predicted octanol–water partition coefficient (Wildman–Crippen LogP) is 2.82. The summed E-state index contributed by atoms with van der Waals surface area (Å²) in [6.07, 6.45) is 1.59. The van der Waals surface area contributed by atoms with Gasteiger partial charge in [0.05, 0.1) is 29.3 Å². The number of imide groups is 1. The van der Waals surface area contributed by atoms with Crippen LogP contribution in [0.1, 0.15) is 22.9 Å². The van der Waals surface area contributed by atoms with E-state index in [1.807, 2.05) is 19.1 Å². The monoisotopic (exact) mass is 427 g/mol. The maximum absolute atomic E-state index is 13.8. The summed E-state index contributed by atoms with van der Waals surface area (Å²) in [5.74, 6) is -4.18. The molecule has 2 aliphatic heterocycles. The number of anilines is 1. The summed E-state index contributed by atoms with van der Waals surface area (Å²) in [5, 5.41) is 13.6. The fourth-order valence-electron chi connectivity index (χ4n) is 5.06. The summed E-state index contributed by atoms with van der Waals surface area (Å²) in [6, 6.07) is 20.2. The maximum Gasteiger partial charge on any atom is 0.329 e. The Balaban J connectivity index is 1.73. The number of fused-ring (bicyclic) bond motifs is 1. The van der Waals surface area contributed by atoms with Crippen LogP contribution >= 0.6 is 0 Å². The Labute approximate surface area is 184 Å². The number of pyridine rings is 1. The Bertz CT molecular complexity index is 1210. The zero-order valence-electron chi connectivity index (χ0n) is 17.3. The van der Waals surface area contributed by atoms with Gasteiger partial charge in [-0.25, -0.2) is 9.69 Å². The van der Waals surface area contributed by atoms with E-state index in [-0.39, 0.29) is 0 Å². The zero-order chi connectivity index (χ0) is 22.5. The topological polar surface area (TPSA) is 99.6 Å². The molecule has 2 saturated heterocycles. The number of amides is 2. The molecule has 2 aliphatic rings. The highest BCUT2D eigenvalue weighted by Crippen LogP contribution is 2.53. The molecule has 4 atom stereocenters. The van der Waals surface area contributed by atoms with Crippen LogP contribution in [0, 0.1) is 18.8 Å². The average molecular weight is 427 g/mol. The highest BCUT2D eigenvalue weighted by atomic mass is 16.4. The van der Waals surface area contributed by atoms with E-state index >= 15 is 0 Å². The van der Waals surface area contributed by atoms with Gasteiger partial charge in [-0.15, -0.1) is 0 Å². The van der Waals surface area contributed by atoms with Gasteiger partial charge in [-0.2, -0.15) is 0 Å². The third kappa shape index (κ3) is 2.71. The van der Waals surface area contributed by atoms with E-state index in [0.29, 0.717) is 16.9 Å². The van der Waals surface area contributed by atoms with Gasteiger partial charge in [-0.1, -0.05) is 54.6 Å². The summed E-state index contributed by atoms with van der Waals surface area (Å²) in [5.41, 5.74) is 0.419. The summed E-state index contributed by atoms with van der Waals surface area (Å²) in [6.45, 7) is 1.82. The standard InChI is InChI=1S/C25H21N3O4/c1-15-9-5-6-13-18(15)28-22(29)19-20(23(28)30)25(24(31)32,16-10-3-2-4-11-16)27-21(19)17-12-7-8-14-26-17/h2-14,19-21,27H,1H3,(H,31,32). The van der Waals surface area contributed by atoms with Crippen molar-refractivity contribution in [2.75, 3.05) is 4.90 Å². The van der Waals surface area contributed by atoms with Gasteiger partial charge in [-0.3, -0.25) is 19.9 Å². The normalized spacial score (nSPS) is 26.9. The van der Waals surface area contributed by atoms with Crippen molar-refractivity contribution in [3.63, 3.8) is 0 Å². The van der Waals surface area contributed by atoms with E-state index in [9.17, 15) is 19.5 Å². The first-order chi connectivity index (χ1) is 15.5. The second-order valence-corrected chi connectivity index (χ2v) is 8.16. The Morgan fingerprint density at radius 3 is 2.31 bits per heavy atom. The molecule has 0 radical (unpaired) electrons. The highest BCUT2D eigenvalue weighted by molar-refractivity contribution is 6.24. The fraction of sp³-hybridized carbons (Fsp3) is 0.200. The van der Waals surface area contributed by atoms with Gasteiger partial charge in [0.15, 0.2) is 5.54 Å². The minimum Gasteiger partial charge on any atom is -0.480 e. The second kappa shape index (κ2) is 7.39. The Kier molecular flexibility index (Phi) is 4.64. The van der Waals surface area contributed by atoms with Gasteiger partial charge in [0, 0.05) is 6.20 Å². The van der Waals surface area contributed by atoms with Crippen molar-refractivity contribution in [2.45, 2.75) is 18.5 Å². The molecule has 7 heteroatoms. The van der Waals surface area contributed by atoms with Crippen molar-refractivity contribution in [1.82, 2.24) is 10.3 Å². The number of carboxylic acids is 1. The quantitative estimate of drug-likeness (QED) is 0.621. The number of carboxylic acid groups (broad SMARTS) is 1. The van der Waals surface area contributed by atoms with Crippen molar-refractivity contribution in [3.8, 4) is 0 Å². The maximum atomic E-state index is 13.8. The molecule has 1 aromatic heterocycles. The number of aliphatic carboxylic acids is 1. The second-order valence-electron chi connectivity index (χ2n) is 8.16. The van der Waals surface area contributed by atoms with Gasteiger partial charge in [-0.05, 0) is 36.2 Å². The van der Waals surface area contributed by atoms with E-state index in [0.717, 1.165) is 10.5 Å². The number of nitrogens with one attached hydrogen (secondary N) is 1. The first kappa shape index (κ1) is 20.1. The Hall–Kier alpha value is -3.84. The highest BCUT2D eigenvalue weighted by Gasteiger charge is 2.69. The van der Waals surface area contributed by atoms with Crippen LogP contribution in [-0.2, 0) is 19.9 Å². The summed E-state index contributed by atoms with van der Waals surface area (Å²) in [4.78, 5) is 45.9. The van der Waals surface area contributed by atoms with Crippen molar-refractivity contribution in [3.05, 3.63) is 95.8 Å². The number of hydrogen-bond donors (Lipinski definition) is 2. The van der Waals surface area contributed by atoms with Crippen LogP contribution in [0.4, 0.5) is 5.69 Å². The lowest BCUT2D eigenvalue weighted by molar-refractivity contribution is -0.149.